The van der Waals surface area contributed by atoms with Crippen molar-refractivity contribution in [2.75, 3.05) is 4.90 Å². The van der Waals surface area contributed by atoms with Gasteiger partial charge in [0.2, 0.25) is 0 Å². The summed E-state index contributed by atoms with van der Waals surface area (Å²) in [5.74, 6) is 0. The van der Waals surface area contributed by atoms with E-state index >= 15 is 0 Å². The quantitative estimate of drug-likeness (QED) is 0.175. The number of anilines is 3. The highest BCUT2D eigenvalue weighted by Gasteiger charge is 2.15. The Morgan fingerprint density at radius 1 is 0.365 bits per heavy atom. The zero-order chi connectivity index (χ0) is 44.0. The van der Waals surface area contributed by atoms with Gasteiger partial charge in [0.05, 0.1) is 15.1 Å². The third-order valence-corrected chi connectivity index (χ3v) is 9.46. The van der Waals surface area contributed by atoms with Crippen molar-refractivity contribution in [2.24, 2.45) is 0 Å². The van der Waals surface area contributed by atoms with Crippen LogP contribution in [0.25, 0.3) is 76.9 Å². The number of nitrogens with zero attached hydrogens (tertiary/aromatic N) is 1. The molecule has 0 spiro atoms. The molecule has 0 saturated carbocycles. The second-order valence-corrected chi connectivity index (χ2v) is 12.6. The molecule has 0 aliphatic rings. The number of hydrogen-bond donors (Lipinski definition) is 0. The molecule has 2 heteroatoms. The van der Waals surface area contributed by atoms with E-state index in [1.165, 1.54) is 6.07 Å². The van der Waals surface area contributed by atoms with Gasteiger partial charge in [0.15, 0.2) is 0 Å². The van der Waals surface area contributed by atoms with Gasteiger partial charge >= 0.3 is 0 Å². The lowest BCUT2D eigenvalue weighted by Gasteiger charge is -2.26. The van der Waals surface area contributed by atoms with E-state index in [1.54, 1.807) is 30.3 Å². The van der Waals surface area contributed by atoms with Gasteiger partial charge in [-0.05, 0) is 116 Å². The average molecular weight is 675 g/mol. The lowest BCUT2D eigenvalue weighted by atomic mass is 9.98. The predicted octanol–water partition coefficient (Wildman–Crippen LogP) is 14.4. The van der Waals surface area contributed by atoms with E-state index in [2.05, 4.69) is 30.3 Å². The van der Waals surface area contributed by atoms with Crippen LogP contribution >= 0.6 is 0 Å². The summed E-state index contributed by atoms with van der Waals surface area (Å²) < 4.78 is 100.0. The largest absolute Gasteiger partial charge is 0.456 e. The fourth-order valence-corrected chi connectivity index (χ4v) is 6.91. The van der Waals surface area contributed by atoms with Crippen molar-refractivity contribution in [3.63, 3.8) is 0 Å². The van der Waals surface area contributed by atoms with Crippen LogP contribution in [0.4, 0.5) is 17.1 Å². The maximum absolute atomic E-state index is 9.20. The molecule has 0 N–H and O–H groups in total. The van der Waals surface area contributed by atoms with E-state index in [0.717, 1.165) is 38.8 Å². The van der Waals surface area contributed by atoms with Crippen molar-refractivity contribution >= 4 is 60.5 Å². The van der Waals surface area contributed by atoms with E-state index in [4.69, 9.17) is 18.1 Å². The van der Waals surface area contributed by atoms with Crippen LogP contribution in [0.15, 0.2) is 204 Å². The van der Waals surface area contributed by atoms with Crippen molar-refractivity contribution in [1.82, 2.24) is 0 Å². The van der Waals surface area contributed by atoms with Gasteiger partial charge < -0.3 is 9.32 Å². The van der Waals surface area contributed by atoms with E-state index in [-0.39, 0.29) is 70.5 Å². The van der Waals surface area contributed by atoms with Gasteiger partial charge in [-0.15, -0.1) is 0 Å². The summed E-state index contributed by atoms with van der Waals surface area (Å²) >= 11 is 0. The van der Waals surface area contributed by atoms with Crippen molar-refractivity contribution in [2.45, 2.75) is 0 Å². The molecule has 244 valence electrons. The van der Waals surface area contributed by atoms with Crippen molar-refractivity contribution in [3.05, 3.63) is 200 Å². The number of rotatable bonds is 6. The van der Waals surface area contributed by atoms with Crippen molar-refractivity contribution in [3.8, 4) is 33.4 Å². The fraction of sp³-hybridized carbons (Fsp3) is 0. The third kappa shape index (κ3) is 5.30. The van der Waals surface area contributed by atoms with Crippen LogP contribution < -0.4 is 4.90 Å². The summed E-state index contributed by atoms with van der Waals surface area (Å²) in [5.41, 5.74) is 6.37. The smallest absolute Gasteiger partial charge is 0.136 e. The summed E-state index contributed by atoms with van der Waals surface area (Å²) in [6, 6.07) is 39.3. The molecule has 2 nitrogen and oxygen atoms in total. The van der Waals surface area contributed by atoms with Gasteiger partial charge in [0.1, 0.15) is 11.2 Å². The van der Waals surface area contributed by atoms with E-state index < -0.39 is 18.1 Å². The molecule has 0 bridgehead atoms. The Morgan fingerprint density at radius 3 is 1.83 bits per heavy atom. The Morgan fingerprint density at radius 2 is 1.04 bits per heavy atom. The van der Waals surface area contributed by atoms with Gasteiger partial charge in [0, 0.05) is 27.8 Å². The zero-order valence-electron chi connectivity index (χ0n) is 38.6. The topological polar surface area (TPSA) is 16.4 Å². The molecular weight excluding hydrogens is 631 g/mol. The molecule has 10 rings (SSSR count). The summed E-state index contributed by atoms with van der Waals surface area (Å²) in [6.07, 6.45) is 0. The van der Waals surface area contributed by atoms with Crippen molar-refractivity contribution in [1.29, 1.82) is 0 Å². The first-order valence-electron chi connectivity index (χ1n) is 22.3. The number of fused-ring (bicyclic) bond motifs is 6. The van der Waals surface area contributed by atoms with E-state index in [1.807, 2.05) is 71.6 Å². The summed E-state index contributed by atoms with van der Waals surface area (Å²) in [6.45, 7) is 0. The molecular formula is C50H33NO. The molecule has 0 atom stereocenters. The number of para-hydroxylation sites is 1. The molecule has 1 aromatic heterocycles. The third-order valence-electron chi connectivity index (χ3n) is 9.46. The highest BCUT2D eigenvalue weighted by atomic mass is 16.3. The van der Waals surface area contributed by atoms with Crippen LogP contribution in [0.1, 0.15) is 15.1 Å². The van der Waals surface area contributed by atoms with Crippen LogP contribution in [-0.2, 0) is 0 Å². The van der Waals surface area contributed by atoms with Crippen LogP contribution in [-0.4, -0.2) is 0 Å². The monoisotopic (exact) mass is 674 g/mol. The molecule has 0 radical (unpaired) electrons. The summed E-state index contributed by atoms with van der Waals surface area (Å²) in [4.78, 5) is 2.01. The Kier molecular flexibility index (Phi) is 4.96. The van der Waals surface area contributed by atoms with Crippen LogP contribution in [0, 0.1) is 0 Å². The normalized spacial score (nSPS) is 14.4. The molecule has 0 fully saturated rings. The molecule has 0 amide bonds. The first kappa shape index (κ1) is 20.7. The molecule has 10 aromatic rings. The van der Waals surface area contributed by atoms with Gasteiger partial charge in [0.25, 0.3) is 0 Å². The Hall–Kier alpha value is -6.90. The SMILES string of the molecule is [2H]c1cc2oc3c([2H])c([2H])c4cc(-c5ccc(N(c6ccc(-c7ccc8ccccc8c7)cc6)c6cccc(-c7c([2H])c([2H])c([2H])c([2H])c7[2H])c6)cc5)cc([2H])c4c3c2c([2H])c1[2H]. The lowest BCUT2D eigenvalue weighted by Crippen LogP contribution is -2.10. The van der Waals surface area contributed by atoms with Gasteiger partial charge in [-0.1, -0.05) is 139 Å². The summed E-state index contributed by atoms with van der Waals surface area (Å²) in [7, 11) is 0. The predicted molar refractivity (Wildman–Crippen MR) is 220 cm³/mol. The highest BCUT2D eigenvalue weighted by molar-refractivity contribution is 6.19. The highest BCUT2D eigenvalue weighted by Crippen LogP contribution is 2.40. The Bertz CT molecular complexity index is 3500. The molecule has 1 heterocycles. The van der Waals surface area contributed by atoms with Gasteiger partial charge in [-0.25, -0.2) is 0 Å². The maximum Gasteiger partial charge on any atom is 0.136 e. The fourth-order valence-electron chi connectivity index (χ4n) is 6.91. The Labute approximate surface area is 317 Å². The lowest BCUT2D eigenvalue weighted by molar-refractivity contribution is 0.669. The Balaban J connectivity index is 1.09. The number of benzene rings is 9. The minimum atomic E-state index is -0.461. The molecule has 52 heavy (non-hydrogen) atoms. The second kappa shape index (κ2) is 12.5. The minimum absolute atomic E-state index is 0.0348. The van der Waals surface area contributed by atoms with E-state index in [9.17, 15) is 1.37 Å². The zero-order valence-corrected chi connectivity index (χ0v) is 27.6. The number of hydrogen-bond acceptors (Lipinski definition) is 2. The van der Waals surface area contributed by atoms with Crippen LogP contribution in [0.2, 0.25) is 0 Å². The average Bonchev–Trinajstić information content (AvgIpc) is 3.68. The number of furan rings is 1. The molecule has 0 aliphatic heterocycles. The molecule has 9 aromatic carbocycles. The van der Waals surface area contributed by atoms with Crippen LogP contribution in [0.5, 0.6) is 0 Å². The van der Waals surface area contributed by atoms with Gasteiger partial charge in [-0.2, -0.15) is 0 Å². The first-order chi connectivity index (χ1) is 30.3. The summed E-state index contributed by atoms with van der Waals surface area (Å²) in [5, 5.41) is 3.46. The van der Waals surface area contributed by atoms with E-state index in [0.29, 0.717) is 33.0 Å². The standard InChI is InChI=1S/C50H33NO/c1-2-9-34(10-3-1)39-13-8-14-45(33-39)51(43-25-19-36(20-26-43)40-18-17-35-11-4-5-12-38(35)31-40)44-27-21-37(22-28-44)41-23-29-46-42(32-41)24-30-49-50(46)47-15-6-7-16-48(47)52-49/h1-33H/i1D,2D,3D,6D,7D,9D,10D,15D,24D,29D,30D. The molecule has 0 saturated heterocycles. The maximum atomic E-state index is 9.20. The molecule has 0 aliphatic carbocycles. The van der Waals surface area contributed by atoms with Crippen molar-refractivity contribution < 1.29 is 19.5 Å². The van der Waals surface area contributed by atoms with Crippen LogP contribution in [0.3, 0.4) is 0 Å². The molecule has 0 unspecified atom stereocenters. The minimum Gasteiger partial charge on any atom is -0.456 e. The second-order valence-electron chi connectivity index (χ2n) is 12.6. The first-order valence-corrected chi connectivity index (χ1v) is 16.8. The van der Waals surface area contributed by atoms with Gasteiger partial charge in [-0.3, -0.25) is 0 Å².